The van der Waals surface area contributed by atoms with Crippen molar-refractivity contribution in [2.24, 2.45) is 4.99 Å². The molecule has 0 fully saturated rings. The third-order valence-corrected chi connectivity index (χ3v) is 4.87. The highest BCUT2D eigenvalue weighted by Crippen LogP contribution is 2.35. The maximum Gasteiger partial charge on any atom is 0.416 e. The van der Waals surface area contributed by atoms with Crippen LogP contribution in [0.1, 0.15) is 44.2 Å². The van der Waals surface area contributed by atoms with Crippen LogP contribution in [0.4, 0.5) is 13.2 Å². The van der Waals surface area contributed by atoms with Crippen LogP contribution < -0.4 is 0 Å². The molecule has 0 radical (unpaired) electrons. The van der Waals surface area contributed by atoms with Gasteiger partial charge in [-0.2, -0.15) is 13.2 Å². The second kappa shape index (κ2) is 7.17. The summed E-state index contributed by atoms with van der Waals surface area (Å²) >= 11 is 0. The van der Waals surface area contributed by atoms with Gasteiger partial charge in [-0.25, -0.2) is 0 Å². The molecule has 2 aliphatic rings. The van der Waals surface area contributed by atoms with Crippen LogP contribution in [0.15, 0.2) is 52.8 Å². The van der Waals surface area contributed by atoms with E-state index in [0.29, 0.717) is 6.54 Å². The Morgan fingerprint density at radius 2 is 1.85 bits per heavy atom. The van der Waals surface area contributed by atoms with Gasteiger partial charge in [-0.1, -0.05) is 39.0 Å². The van der Waals surface area contributed by atoms with Gasteiger partial charge in [0.15, 0.2) is 0 Å². The lowest BCUT2D eigenvalue weighted by Gasteiger charge is -2.40. The molecule has 0 unspecified atom stereocenters. The second-order valence-corrected chi connectivity index (χ2v) is 6.59. The molecule has 0 atom stereocenters. The lowest BCUT2D eigenvalue weighted by atomic mass is 9.99. The zero-order valence-corrected chi connectivity index (χ0v) is 15.2. The summed E-state index contributed by atoms with van der Waals surface area (Å²) in [7, 11) is 0. The van der Waals surface area contributed by atoms with Crippen molar-refractivity contribution in [2.45, 2.75) is 45.8 Å². The van der Waals surface area contributed by atoms with Crippen LogP contribution in [0.3, 0.4) is 0 Å². The van der Waals surface area contributed by atoms with Crippen molar-refractivity contribution in [1.29, 1.82) is 0 Å². The van der Waals surface area contributed by atoms with Crippen molar-refractivity contribution in [3.05, 3.63) is 58.9 Å². The first-order valence-corrected chi connectivity index (χ1v) is 9.03. The Morgan fingerprint density at radius 1 is 1.15 bits per heavy atom. The van der Waals surface area contributed by atoms with Crippen LogP contribution in [-0.4, -0.2) is 28.8 Å². The van der Waals surface area contributed by atoms with E-state index >= 15 is 0 Å². The Balaban J connectivity index is 1.89. The fraction of sp³-hybridized carbons (Fsp3) is 0.450. The third-order valence-electron chi connectivity index (χ3n) is 4.87. The molecule has 0 aliphatic carbocycles. The van der Waals surface area contributed by atoms with E-state index < -0.39 is 11.7 Å². The highest BCUT2D eigenvalue weighted by molar-refractivity contribution is 5.87. The molecule has 140 valence electrons. The summed E-state index contributed by atoms with van der Waals surface area (Å²) in [5.41, 5.74) is 3.60. The third kappa shape index (κ3) is 3.37. The van der Waals surface area contributed by atoms with Crippen LogP contribution in [-0.2, 0) is 12.7 Å². The lowest BCUT2D eigenvalue weighted by Crippen LogP contribution is -2.45. The van der Waals surface area contributed by atoms with E-state index in [1.54, 1.807) is 0 Å². The fourth-order valence-electron chi connectivity index (χ4n) is 3.61. The molecular formula is C20H24F3N3. The van der Waals surface area contributed by atoms with Crippen LogP contribution >= 0.6 is 0 Å². The van der Waals surface area contributed by atoms with Gasteiger partial charge >= 0.3 is 6.18 Å². The van der Waals surface area contributed by atoms with E-state index in [1.807, 2.05) is 4.90 Å². The van der Waals surface area contributed by atoms with Crippen molar-refractivity contribution in [3.63, 3.8) is 0 Å². The number of aliphatic imine (C=N–C) groups is 1. The summed E-state index contributed by atoms with van der Waals surface area (Å²) in [6, 6.07) is 5.34. The topological polar surface area (TPSA) is 18.8 Å². The molecule has 1 aromatic carbocycles. The number of hydrogen-bond acceptors (Lipinski definition) is 3. The summed E-state index contributed by atoms with van der Waals surface area (Å²) in [6.07, 6.45) is -1.40. The highest BCUT2D eigenvalue weighted by Gasteiger charge is 2.35. The lowest BCUT2D eigenvalue weighted by molar-refractivity contribution is -0.137. The van der Waals surface area contributed by atoms with Gasteiger partial charge in [-0.3, -0.25) is 4.99 Å². The number of nitrogens with zero attached hydrogens (tertiary/aromatic N) is 3. The molecule has 0 amide bonds. The highest BCUT2D eigenvalue weighted by atomic mass is 19.4. The number of benzene rings is 1. The van der Waals surface area contributed by atoms with Gasteiger partial charge in [0.2, 0.25) is 5.96 Å². The molecule has 2 heterocycles. The maximum atomic E-state index is 12.8. The van der Waals surface area contributed by atoms with Crippen LogP contribution in [0.2, 0.25) is 0 Å². The van der Waals surface area contributed by atoms with Crippen LogP contribution in [0.25, 0.3) is 0 Å². The predicted octanol–water partition coefficient (Wildman–Crippen LogP) is 5.17. The number of guanidine groups is 1. The molecule has 3 rings (SSSR count). The normalized spacial score (nSPS) is 17.7. The van der Waals surface area contributed by atoms with Crippen LogP contribution in [0.5, 0.6) is 0 Å². The molecule has 0 spiro atoms. The quantitative estimate of drug-likeness (QED) is 0.719. The van der Waals surface area contributed by atoms with E-state index in [9.17, 15) is 13.2 Å². The molecule has 26 heavy (non-hydrogen) atoms. The average molecular weight is 363 g/mol. The Labute approximate surface area is 152 Å². The van der Waals surface area contributed by atoms with Crippen LogP contribution in [0, 0.1) is 0 Å². The zero-order chi connectivity index (χ0) is 18.9. The first-order valence-electron chi connectivity index (χ1n) is 9.03. The average Bonchev–Trinajstić information content (AvgIpc) is 3.08. The van der Waals surface area contributed by atoms with Gasteiger partial charge < -0.3 is 9.80 Å². The van der Waals surface area contributed by atoms with Gasteiger partial charge in [-0.15, -0.1) is 0 Å². The van der Waals surface area contributed by atoms with Gasteiger partial charge in [0.05, 0.1) is 18.7 Å². The summed E-state index contributed by atoms with van der Waals surface area (Å²) in [6.45, 7) is 10.6. The van der Waals surface area contributed by atoms with Gasteiger partial charge in [0.1, 0.15) is 0 Å². The van der Waals surface area contributed by atoms with E-state index in [-0.39, 0.29) is 0 Å². The van der Waals surface area contributed by atoms with Gasteiger partial charge in [0, 0.05) is 17.9 Å². The molecule has 0 aromatic heterocycles. The molecule has 0 saturated heterocycles. The number of hydrogen-bond donors (Lipinski definition) is 0. The van der Waals surface area contributed by atoms with Gasteiger partial charge in [-0.05, 0) is 36.1 Å². The minimum atomic E-state index is -4.31. The largest absolute Gasteiger partial charge is 0.416 e. The fourth-order valence-corrected chi connectivity index (χ4v) is 3.61. The standard InChI is InChI=1S/C20H24F3N3/c1-4-6-18-17(5-2)14(3)26(19-24-11-12-25(18)19)13-15-7-9-16(10-8-15)20(21,22)23/h7-10H,3-6,11-13H2,1-2H3. The monoisotopic (exact) mass is 363 g/mol. The minimum Gasteiger partial charge on any atom is -0.314 e. The Bertz CT molecular complexity index is 745. The van der Waals surface area contributed by atoms with E-state index in [4.69, 9.17) is 0 Å². The molecule has 3 nitrogen and oxygen atoms in total. The Morgan fingerprint density at radius 3 is 2.42 bits per heavy atom. The molecule has 0 bridgehead atoms. The summed E-state index contributed by atoms with van der Waals surface area (Å²) < 4.78 is 38.3. The smallest absolute Gasteiger partial charge is 0.314 e. The molecular weight excluding hydrogens is 339 g/mol. The number of rotatable bonds is 5. The Kier molecular flexibility index (Phi) is 5.12. The van der Waals surface area contributed by atoms with Crippen molar-refractivity contribution >= 4 is 5.96 Å². The van der Waals surface area contributed by atoms with E-state index in [2.05, 4.69) is 30.3 Å². The number of allylic oxidation sites excluding steroid dienone is 2. The number of alkyl halides is 3. The summed E-state index contributed by atoms with van der Waals surface area (Å²) in [4.78, 5) is 8.92. The first-order chi connectivity index (χ1) is 12.4. The van der Waals surface area contributed by atoms with E-state index in [1.165, 1.54) is 23.4 Å². The Hall–Kier alpha value is -2.24. The first kappa shape index (κ1) is 18.5. The van der Waals surface area contributed by atoms with Crippen molar-refractivity contribution < 1.29 is 13.2 Å². The summed E-state index contributed by atoms with van der Waals surface area (Å²) in [5.74, 6) is 0.871. The number of halogens is 3. The van der Waals surface area contributed by atoms with Crippen molar-refractivity contribution in [2.75, 3.05) is 13.1 Å². The minimum absolute atomic E-state index is 0.467. The zero-order valence-electron chi connectivity index (χ0n) is 15.2. The van der Waals surface area contributed by atoms with Crippen molar-refractivity contribution in [1.82, 2.24) is 9.80 Å². The molecule has 0 saturated carbocycles. The van der Waals surface area contributed by atoms with Gasteiger partial charge in [0.25, 0.3) is 0 Å². The van der Waals surface area contributed by atoms with E-state index in [0.717, 1.165) is 61.7 Å². The second-order valence-electron chi connectivity index (χ2n) is 6.59. The number of fused-ring (bicyclic) bond motifs is 1. The SMILES string of the molecule is C=C1C(CC)=C(CCC)N2CCN=C2N1Cc1ccc(C(F)(F)F)cc1. The van der Waals surface area contributed by atoms with Crippen molar-refractivity contribution in [3.8, 4) is 0 Å². The molecule has 6 heteroatoms. The molecule has 1 aromatic rings. The molecule has 2 aliphatic heterocycles. The molecule has 0 N–H and O–H groups in total. The summed E-state index contributed by atoms with van der Waals surface area (Å²) in [5, 5.41) is 0. The maximum absolute atomic E-state index is 12.8. The predicted molar refractivity (Wildman–Crippen MR) is 97.4 cm³/mol.